The van der Waals surface area contributed by atoms with E-state index in [1.165, 1.54) is 0 Å². The Kier molecular flexibility index (Phi) is 9.09. The molecule has 1 atom stereocenters. The molecule has 1 heterocycles. The molecular formula is C50H37N5. The zero-order valence-electron chi connectivity index (χ0n) is 30.0. The average molecular weight is 708 g/mol. The molecule has 0 saturated carbocycles. The fourth-order valence-electron chi connectivity index (χ4n) is 7.16. The molecule has 0 spiro atoms. The van der Waals surface area contributed by atoms with Crippen LogP contribution in [0, 0.1) is 5.41 Å². The first-order chi connectivity index (χ1) is 27.2. The van der Waals surface area contributed by atoms with Crippen LogP contribution in [0.3, 0.4) is 0 Å². The second-order valence-electron chi connectivity index (χ2n) is 13.6. The molecule has 0 amide bonds. The van der Waals surface area contributed by atoms with E-state index < -0.39 is 0 Å². The summed E-state index contributed by atoms with van der Waals surface area (Å²) in [7, 11) is 0. The van der Waals surface area contributed by atoms with Crippen molar-refractivity contribution in [3.63, 3.8) is 0 Å². The van der Waals surface area contributed by atoms with E-state index in [2.05, 4.69) is 108 Å². The van der Waals surface area contributed by atoms with Gasteiger partial charge in [0.2, 0.25) is 0 Å². The van der Waals surface area contributed by atoms with Gasteiger partial charge < -0.3 is 10.6 Å². The lowest BCUT2D eigenvalue weighted by Gasteiger charge is -2.24. The summed E-state index contributed by atoms with van der Waals surface area (Å²) in [6, 6.07) is 68.4. The normalized spacial score (nSPS) is 13.7. The van der Waals surface area contributed by atoms with Crippen molar-refractivity contribution in [2.24, 2.45) is 9.98 Å². The Morgan fingerprint density at radius 1 is 0.509 bits per heavy atom. The van der Waals surface area contributed by atoms with Crippen LogP contribution in [0.4, 0.5) is 11.4 Å². The highest BCUT2D eigenvalue weighted by Crippen LogP contribution is 2.33. The first kappa shape index (κ1) is 33.5. The SMILES string of the molecule is N=C(c1cccc(-c2cccc(-c3cccc(C4=NC(c5ccccc5)=NC(c5ccccc5)N4)c3)c2)c1)c1c(Nc2ccccc2)ccc2ccccc12. The number of nitrogens with one attached hydrogen (secondary N) is 3. The first-order valence-electron chi connectivity index (χ1n) is 18.4. The molecule has 0 bridgehead atoms. The standard InChI is InChI=1S/C50H37N5/c51-47(46-44-28-11-10-15-34(44)29-30-45(46)52-43-26-8-3-9-27-43)41-24-13-22-39(32-41)37-20-12-21-38(31-37)40-23-14-25-42(33-40)50-54-48(35-16-4-1-5-17-35)53-49(55-50)36-18-6-2-7-19-36/h1-33,48,51-52H,(H,53,54,55). The van der Waals surface area contributed by atoms with Crippen LogP contribution in [0.15, 0.2) is 210 Å². The number of aliphatic imine (C=N–C) groups is 2. The molecule has 0 saturated heterocycles. The van der Waals surface area contributed by atoms with Crippen molar-refractivity contribution in [3.8, 4) is 22.3 Å². The minimum Gasteiger partial charge on any atom is -0.355 e. The highest BCUT2D eigenvalue weighted by atomic mass is 15.2. The van der Waals surface area contributed by atoms with Crippen LogP contribution >= 0.6 is 0 Å². The molecule has 1 aliphatic rings. The van der Waals surface area contributed by atoms with E-state index in [1.54, 1.807) is 0 Å². The quantitative estimate of drug-likeness (QED) is 0.131. The molecule has 3 N–H and O–H groups in total. The molecule has 0 aromatic heterocycles. The second-order valence-corrected chi connectivity index (χ2v) is 13.6. The number of anilines is 2. The van der Waals surface area contributed by atoms with Gasteiger partial charge in [-0.15, -0.1) is 0 Å². The second kappa shape index (κ2) is 14.9. The Hall–Kier alpha value is -7.37. The maximum atomic E-state index is 9.59. The summed E-state index contributed by atoms with van der Waals surface area (Å²) in [5.74, 6) is 1.48. The minimum absolute atomic E-state index is 0.263. The van der Waals surface area contributed by atoms with Gasteiger partial charge in [-0.3, -0.25) is 5.41 Å². The van der Waals surface area contributed by atoms with Gasteiger partial charge in [-0.05, 0) is 75.0 Å². The molecule has 262 valence electrons. The number of benzene rings is 8. The van der Waals surface area contributed by atoms with Crippen molar-refractivity contribution < 1.29 is 0 Å². The highest BCUT2D eigenvalue weighted by Gasteiger charge is 2.21. The zero-order chi connectivity index (χ0) is 37.0. The number of nitrogens with zero attached hydrogens (tertiary/aromatic N) is 2. The monoisotopic (exact) mass is 707 g/mol. The van der Waals surface area contributed by atoms with Crippen LogP contribution in [0.2, 0.25) is 0 Å². The third kappa shape index (κ3) is 7.07. The zero-order valence-corrected chi connectivity index (χ0v) is 30.0. The van der Waals surface area contributed by atoms with Crippen LogP contribution in [0.25, 0.3) is 33.0 Å². The highest BCUT2D eigenvalue weighted by molar-refractivity contribution is 6.22. The predicted octanol–water partition coefficient (Wildman–Crippen LogP) is 11.8. The number of fused-ring (bicyclic) bond motifs is 1. The van der Waals surface area contributed by atoms with Gasteiger partial charge in [-0.25, -0.2) is 9.98 Å². The van der Waals surface area contributed by atoms with Gasteiger partial charge in [-0.2, -0.15) is 0 Å². The van der Waals surface area contributed by atoms with Gasteiger partial charge in [0.1, 0.15) is 12.0 Å². The van der Waals surface area contributed by atoms with E-state index in [9.17, 15) is 5.41 Å². The van der Waals surface area contributed by atoms with Crippen molar-refractivity contribution in [1.82, 2.24) is 5.32 Å². The van der Waals surface area contributed by atoms with Gasteiger partial charge in [0, 0.05) is 33.6 Å². The van der Waals surface area contributed by atoms with Crippen molar-refractivity contribution in [2.45, 2.75) is 6.17 Å². The third-order valence-corrected chi connectivity index (χ3v) is 9.94. The summed E-state index contributed by atoms with van der Waals surface area (Å²) in [5, 5.41) is 18.9. The lowest BCUT2D eigenvalue weighted by atomic mass is 9.92. The van der Waals surface area contributed by atoms with E-state index in [1.807, 2.05) is 103 Å². The van der Waals surface area contributed by atoms with Crippen molar-refractivity contribution in [3.05, 3.63) is 228 Å². The molecule has 0 fully saturated rings. The summed E-state index contributed by atoms with van der Waals surface area (Å²) >= 11 is 0. The fourth-order valence-corrected chi connectivity index (χ4v) is 7.16. The molecule has 1 aliphatic heterocycles. The Morgan fingerprint density at radius 2 is 1.07 bits per heavy atom. The maximum absolute atomic E-state index is 9.59. The molecule has 0 aliphatic carbocycles. The van der Waals surface area contributed by atoms with Crippen LogP contribution in [-0.4, -0.2) is 17.4 Å². The number of hydrogen-bond donors (Lipinski definition) is 3. The van der Waals surface area contributed by atoms with Crippen LogP contribution in [-0.2, 0) is 0 Å². The van der Waals surface area contributed by atoms with Crippen molar-refractivity contribution in [1.29, 1.82) is 5.41 Å². The molecule has 9 rings (SSSR count). The largest absolute Gasteiger partial charge is 0.355 e. The van der Waals surface area contributed by atoms with E-state index in [4.69, 9.17) is 9.98 Å². The van der Waals surface area contributed by atoms with E-state index >= 15 is 0 Å². The van der Waals surface area contributed by atoms with Crippen LogP contribution in [0.5, 0.6) is 0 Å². The van der Waals surface area contributed by atoms with E-state index in [-0.39, 0.29) is 6.17 Å². The number of hydrogen-bond acceptors (Lipinski definition) is 5. The lowest BCUT2D eigenvalue weighted by molar-refractivity contribution is 0.674. The average Bonchev–Trinajstić information content (AvgIpc) is 3.27. The van der Waals surface area contributed by atoms with Gasteiger partial charge >= 0.3 is 0 Å². The molecule has 0 radical (unpaired) electrons. The fraction of sp³-hybridized carbons (Fsp3) is 0.0200. The van der Waals surface area contributed by atoms with Gasteiger partial charge in [0.15, 0.2) is 5.84 Å². The van der Waals surface area contributed by atoms with Crippen molar-refractivity contribution >= 4 is 39.5 Å². The lowest BCUT2D eigenvalue weighted by Crippen LogP contribution is -2.33. The predicted molar refractivity (Wildman–Crippen MR) is 229 cm³/mol. The summed E-state index contributed by atoms with van der Waals surface area (Å²) in [6.45, 7) is 0. The third-order valence-electron chi connectivity index (χ3n) is 9.94. The summed E-state index contributed by atoms with van der Waals surface area (Å²) in [4.78, 5) is 10.0. The smallest absolute Gasteiger partial charge is 0.159 e. The van der Waals surface area contributed by atoms with Gasteiger partial charge in [0.25, 0.3) is 0 Å². The summed E-state index contributed by atoms with van der Waals surface area (Å²) in [5.41, 5.74) is 11.4. The molecule has 1 unspecified atom stereocenters. The Bertz CT molecular complexity index is 2720. The van der Waals surface area contributed by atoms with Crippen LogP contribution < -0.4 is 10.6 Å². The minimum atomic E-state index is -0.263. The van der Waals surface area contributed by atoms with Gasteiger partial charge in [-0.1, -0.05) is 164 Å². The Morgan fingerprint density at radius 3 is 1.80 bits per heavy atom. The van der Waals surface area contributed by atoms with E-state index in [0.29, 0.717) is 11.5 Å². The molecular weight excluding hydrogens is 671 g/mol. The molecule has 8 aromatic rings. The van der Waals surface area contributed by atoms with Crippen molar-refractivity contribution in [2.75, 3.05) is 5.32 Å². The number of para-hydroxylation sites is 1. The van der Waals surface area contributed by atoms with Gasteiger partial charge in [0.05, 0.1) is 5.71 Å². The topological polar surface area (TPSA) is 72.6 Å². The van der Waals surface area contributed by atoms with Crippen LogP contribution in [0.1, 0.15) is 34.0 Å². The molecule has 55 heavy (non-hydrogen) atoms. The Balaban J connectivity index is 1.04. The van der Waals surface area contributed by atoms with E-state index in [0.717, 1.165) is 78.1 Å². The number of rotatable bonds is 9. The molecule has 5 nitrogen and oxygen atoms in total. The molecule has 8 aromatic carbocycles. The first-order valence-corrected chi connectivity index (χ1v) is 18.4. The summed E-state index contributed by atoms with van der Waals surface area (Å²) in [6.07, 6.45) is -0.263. The number of amidine groups is 2. The molecule has 5 heteroatoms. The Labute approximate surface area is 320 Å². The summed E-state index contributed by atoms with van der Waals surface area (Å²) < 4.78 is 0. The maximum Gasteiger partial charge on any atom is 0.159 e.